The minimum atomic E-state index is -2.91. The molecular formula is C26H60O5Si4. The first-order valence-electron chi connectivity index (χ1n) is 13.6. The lowest BCUT2D eigenvalue weighted by Gasteiger charge is -2.46. The van der Waals surface area contributed by atoms with E-state index in [1.165, 1.54) is 0 Å². The van der Waals surface area contributed by atoms with E-state index in [1.54, 1.807) is 0 Å². The number of carbonyl (C=O) groups is 1. The van der Waals surface area contributed by atoms with E-state index in [0.717, 1.165) is 19.3 Å². The second-order valence-electron chi connectivity index (χ2n) is 14.8. The standard InChI is InChI=1S/C26H60O5Si4/c1-17-24(3,4)22-26(7,25(5,6)18-2)23(27)28-20-19-21-35(29-32(8,9)10,30-33(11,12)13)31-34(14,15)16/h17-22H2,1-16H3. The summed E-state index contributed by atoms with van der Waals surface area (Å²) < 4.78 is 26.3. The van der Waals surface area contributed by atoms with Crippen molar-refractivity contribution in [1.29, 1.82) is 0 Å². The summed E-state index contributed by atoms with van der Waals surface area (Å²) in [7, 11) is -8.66. The number of carbonyl (C=O) groups excluding carboxylic acids is 1. The third-order valence-corrected chi connectivity index (χ3v) is 18.9. The number of hydrogen-bond donors (Lipinski definition) is 0. The van der Waals surface area contributed by atoms with Gasteiger partial charge >= 0.3 is 14.8 Å². The monoisotopic (exact) mass is 564 g/mol. The summed E-state index contributed by atoms with van der Waals surface area (Å²) in [5, 5.41) is 0. The summed E-state index contributed by atoms with van der Waals surface area (Å²) in [5.41, 5.74) is -0.629. The highest BCUT2D eigenvalue weighted by molar-refractivity contribution is 6.90. The third-order valence-electron chi connectivity index (χ3n) is 6.86. The molecular weight excluding hydrogens is 505 g/mol. The van der Waals surface area contributed by atoms with Gasteiger partial charge in [0.05, 0.1) is 12.0 Å². The first kappa shape index (κ1) is 35.2. The largest absolute Gasteiger partial charge is 0.469 e. The van der Waals surface area contributed by atoms with Crippen LogP contribution in [0.4, 0.5) is 0 Å². The van der Waals surface area contributed by atoms with Crippen molar-refractivity contribution in [2.75, 3.05) is 6.61 Å². The summed E-state index contributed by atoms with van der Waals surface area (Å²) in [6.07, 6.45) is 3.45. The Kier molecular flexibility index (Phi) is 12.5. The SMILES string of the molecule is CCC(C)(C)CC(C)(C(=O)OCCC[Si](O[Si](C)(C)C)(O[Si](C)(C)C)O[Si](C)(C)C)C(C)(C)CC. The van der Waals surface area contributed by atoms with E-state index in [0.29, 0.717) is 19.1 Å². The molecule has 0 saturated carbocycles. The Bertz CT molecular complexity index is 634. The van der Waals surface area contributed by atoms with Gasteiger partial charge in [0, 0.05) is 6.04 Å². The van der Waals surface area contributed by atoms with E-state index in [2.05, 4.69) is 107 Å². The van der Waals surface area contributed by atoms with E-state index < -0.39 is 39.2 Å². The van der Waals surface area contributed by atoms with E-state index in [9.17, 15) is 4.79 Å². The van der Waals surface area contributed by atoms with Crippen LogP contribution in [-0.2, 0) is 21.9 Å². The first-order valence-corrected chi connectivity index (χ1v) is 25.8. The summed E-state index contributed by atoms with van der Waals surface area (Å²) in [6, 6.07) is 0.688. The average Bonchev–Trinajstić information content (AvgIpc) is 2.60. The minimum absolute atomic E-state index is 0.0732. The molecule has 9 heteroatoms. The maximum Gasteiger partial charge on any atom is 0.469 e. The predicted molar refractivity (Wildman–Crippen MR) is 160 cm³/mol. The smallest absolute Gasteiger partial charge is 0.465 e. The lowest BCUT2D eigenvalue weighted by molar-refractivity contribution is -0.166. The number of ether oxygens (including phenoxy) is 1. The van der Waals surface area contributed by atoms with Crippen LogP contribution < -0.4 is 0 Å². The van der Waals surface area contributed by atoms with Crippen LogP contribution in [0.25, 0.3) is 0 Å². The molecule has 210 valence electrons. The van der Waals surface area contributed by atoms with Crippen LogP contribution in [0.2, 0.25) is 65.0 Å². The number of hydrogen-bond acceptors (Lipinski definition) is 5. The summed E-state index contributed by atoms with van der Waals surface area (Å²) in [4.78, 5) is 13.6. The van der Waals surface area contributed by atoms with Crippen molar-refractivity contribution >= 4 is 39.7 Å². The second kappa shape index (κ2) is 12.4. The molecule has 35 heavy (non-hydrogen) atoms. The molecule has 0 aromatic heterocycles. The molecule has 0 rings (SSSR count). The van der Waals surface area contributed by atoms with Crippen molar-refractivity contribution in [2.24, 2.45) is 16.2 Å². The van der Waals surface area contributed by atoms with E-state index in [-0.39, 0.29) is 16.8 Å². The normalized spacial score (nSPS) is 16.2. The first-order chi connectivity index (χ1) is 15.3. The van der Waals surface area contributed by atoms with Gasteiger partial charge in [-0.15, -0.1) is 0 Å². The Morgan fingerprint density at radius 2 is 1.09 bits per heavy atom. The Morgan fingerprint density at radius 3 is 1.40 bits per heavy atom. The highest BCUT2D eigenvalue weighted by Crippen LogP contribution is 2.50. The molecule has 0 amide bonds. The number of rotatable bonds is 16. The van der Waals surface area contributed by atoms with Crippen LogP contribution in [0.1, 0.15) is 74.1 Å². The Balaban J connectivity index is 5.75. The van der Waals surface area contributed by atoms with Gasteiger partial charge in [-0.1, -0.05) is 48.0 Å². The van der Waals surface area contributed by atoms with Gasteiger partial charge in [-0.05, 0) is 95.9 Å². The molecule has 0 heterocycles. The summed E-state index contributed by atoms with van der Waals surface area (Å²) in [6.45, 7) is 35.5. The minimum Gasteiger partial charge on any atom is -0.465 e. The van der Waals surface area contributed by atoms with Crippen molar-refractivity contribution in [3.63, 3.8) is 0 Å². The van der Waals surface area contributed by atoms with E-state index >= 15 is 0 Å². The molecule has 0 aromatic rings. The molecule has 0 aliphatic rings. The van der Waals surface area contributed by atoms with Crippen molar-refractivity contribution in [3.8, 4) is 0 Å². The fourth-order valence-electron chi connectivity index (χ4n) is 4.29. The lowest BCUT2D eigenvalue weighted by atomic mass is 9.58. The lowest BCUT2D eigenvalue weighted by Crippen LogP contribution is -2.60. The van der Waals surface area contributed by atoms with Crippen LogP contribution in [0.5, 0.6) is 0 Å². The molecule has 0 aliphatic carbocycles. The molecule has 0 N–H and O–H groups in total. The zero-order chi connectivity index (χ0) is 28.1. The molecule has 0 radical (unpaired) electrons. The van der Waals surface area contributed by atoms with Gasteiger partial charge in [0.2, 0.25) is 0 Å². The molecule has 0 bridgehead atoms. The van der Waals surface area contributed by atoms with Crippen molar-refractivity contribution in [3.05, 3.63) is 0 Å². The summed E-state index contributed by atoms with van der Waals surface area (Å²) >= 11 is 0. The van der Waals surface area contributed by atoms with Crippen LogP contribution >= 0.6 is 0 Å². The van der Waals surface area contributed by atoms with Crippen LogP contribution in [-0.4, -0.2) is 46.3 Å². The quantitative estimate of drug-likeness (QED) is 0.107. The molecule has 5 nitrogen and oxygen atoms in total. The highest BCUT2D eigenvalue weighted by Gasteiger charge is 2.51. The fourth-order valence-corrected chi connectivity index (χ4v) is 18.9. The fraction of sp³-hybridized carbons (Fsp3) is 0.962. The van der Waals surface area contributed by atoms with Gasteiger partial charge < -0.3 is 17.1 Å². The molecule has 1 atom stereocenters. The van der Waals surface area contributed by atoms with Crippen LogP contribution in [0, 0.1) is 16.2 Å². The van der Waals surface area contributed by atoms with Gasteiger partial charge in [0.15, 0.2) is 25.0 Å². The Morgan fingerprint density at radius 1 is 0.686 bits per heavy atom. The Hall–Kier alpha value is 0.218. The van der Waals surface area contributed by atoms with Crippen molar-refractivity contribution in [1.82, 2.24) is 0 Å². The molecule has 1 unspecified atom stereocenters. The molecule has 0 aliphatic heterocycles. The third kappa shape index (κ3) is 12.5. The average molecular weight is 565 g/mol. The van der Waals surface area contributed by atoms with Crippen LogP contribution in [0.3, 0.4) is 0 Å². The highest BCUT2D eigenvalue weighted by atomic mass is 28.5. The summed E-state index contributed by atoms with van der Waals surface area (Å²) in [5.74, 6) is -0.0820. The van der Waals surface area contributed by atoms with E-state index in [1.807, 2.05) is 0 Å². The zero-order valence-corrected chi connectivity index (χ0v) is 30.3. The molecule has 0 aromatic carbocycles. The predicted octanol–water partition coefficient (Wildman–Crippen LogP) is 8.68. The van der Waals surface area contributed by atoms with Crippen LogP contribution in [0.15, 0.2) is 0 Å². The van der Waals surface area contributed by atoms with Gasteiger partial charge in [0.25, 0.3) is 0 Å². The van der Waals surface area contributed by atoms with Gasteiger partial charge in [0.1, 0.15) is 0 Å². The second-order valence-corrected chi connectivity index (χ2v) is 31.8. The van der Waals surface area contributed by atoms with Crippen molar-refractivity contribution in [2.45, 2.75) is 139 Å². The topological polar surface area (TPSA) is 54.0 Å². The van der Waals surface area contributed by atoms with Gasteiger partial charge in [-0.25, -0.2) is 0 Å². The molecule has 0 saturated heterocycles. The van der Waals surface area contributed by atoms with Gasteiger partial charge in [-0.3, -0.25) is 4.79 Å². The van der Waals surface area contributed by atoms with Gasteiger partial charge in [-0.2, -0.15) is 0 Å². The van der Waals surface area contributed by atoms with E-state index in [4.69, 9.17) is 17.1 Å². The zero-order valence-electron chi connectivity index (χ0n) is 26.3. The number of esters is 1. The molecule has 0 spiro atoms. The Labute approximate surface area is 223 Å². The molecule has 0 fully saturated rings. The maximum atomic E-state index is 13.6. The van der Waals surface area contributed by atoms with Crippen molar-refractivity contribution < 1.29 is 21.9 Å². The maximum absolute atomic E-state index is 13.6.